The van der Waals surface area contributed by atoms with Crippen molar-refractivity contribution in [3.63, 3.8) is 0 Å². The average molecular weight is 302 g/mol. The number of thioether (sulfide) groups is 1. The molecule has 0 radical (unpaired) electrons. The first kappa shape index (κ1) is 15.4. The first-order chi connectivity index (χ1) is 9.42. The fourth-order valence-corrected chi connectivity index (χ4v) is 3.67. The molecule has 0 aromatic heterocycles. The van der Waals surface area contributed by atoms with Crippen molar-refractivity contribution in [3.8, 4) is 0 Å². The van der Waals surface area contributed by atoms with Gasteiger partial charge >= 0.3 is 12.0 Å². The molecule has 114 valence electrons. The van der Waals surface area contributed by atoms with Crippen LogP contribution in [0, 0.1) is 0 Å². The number of carboxylic acid groups (broad SMARTS) is 1. The molecule has 0 bridgehead atoms. The van der Waals surface area contributed by atoms with Gasteiger partial charge < -0.3 is 20.1 Å². The predicted molar refractivity (Wildman–Crippen MR) is 77.0 cm³/mol. The summed E-state index contributed by atoms with van der Waals surface area (Å²) in [5, 5.41) is 12.0. The van der Waals surface area contributed by atoms with E-state index in [1.807, 2.05) is 13.8 Å². The molecule has 20 heavy (non-hydrogen) atoms. The summed E-state index contributed by atoms with van der Waals surface area (Å²) >= 11 is 1.70. The Hall–Kier alpha value is -0.950. The summed E-state index contributed by atoms with van der Waals surface area (Å²) in [5.41, 5.74) is -0.366. The number of urea groups is 1. The molecule has 2 heterocycles. The largest absolute Gasteiger partial charge is 0.481 e. The Balaban J connectivity index is 2.00. The molecule has 2 amide bonds. The van der Waals surface area contributed by atoms with Gasteiger partial charge in [-0.25, -0.2) is 4.79 Å². The molecule has 2 fully saturated rings. The number of carboxylic acids is 1. The van der Waals surface area contributed by atoms with Gasteiger partial charge in [0.2, 0.25) is 0 Å². The Labute approximate surface area is 123 Å². The quantitative estimate of drug-likeness (QED) is 0.818. The van der Waals surface area contributed by atoms with Crippen LogP contribution in [0.25, 0.3) is 0 Å². The minimum Gasteiger partial charge on any atom is -0.481 e. The Morgan fingerprint density at radius 1 is 1.55 bits per heavy atom. The number of nitrogens with one attached hydrogen (secondary N) is 1. The van der Waals surface area contributed by atoms with E-state index in [-0.39, 0.29) is 30.1 Å². The zero-order valence-corrected chi connectivity index (χ0v) is 12.7. The van der Waals surface area contributed by atoms with Crippen molar-refractivity contribution in [1.82, 2.24) is 10.2 Å². The lowest BCUT2D eigenvalue weighted by molar-refractivity contribution is -0.138. The van der Waals surface area contributed by atoms with Crippen molar-refractivity contribution in [1.29, 1.82) is 0 Å². The van der Waals surface area contributed by atoms with E-state index in [0.29, 0.717) is 18.9 Å². The number of carbonyl (C=O) groups excluding carboxylic acids is 1. The lowest BCUT2D eigenvalue weighted by atomic mass is 9.95. The third kappa shape index (κ3) is 3.38. The first-order valence-electron chi connectivity index (χ1n) is 6.92. The van der Waals surface area contributed by atoms with Gasteiger partial charge in [0.25, 0.3) is 0 Å². The van der Waals surface area contributed by atoms with Crippen molar-refractivity contribution < 1.29 is 19.4 Å². The van der Waals surface area contributed by atoms with Gasteiger partial charge in [-0.05, 0) is 20.3 Å². The fourth-order valence-electron chi connectivity index (χ4n) is 2.61. The topological polar surface area (TPSA) is 78.9 Å². The summed E-state index contributed by atoms with van der Waals surface area (Å²) in [6.07, 6.45) is 0.762. The lowest BCUT2D eigenvalue weighted by Crippen LogP contribution is -2.58. The molecule has 3 atom stereocenters. The summed E-state index contributed by atoms with van der Waals surface area (Å²) in [5.74, 6) is 0.675. The molecule has 2 saturated heterocycles. The predicted octanol–water partition coefficient (Wildman–Crippen LogP) is 1.16. The monoisotopic (exact) mass is 302 g/mol. The minimum atomic E-state index is -0.862. The maximum atomic E-state index is 12.5. The van der Waals surface area contributed by atoms with Crippen LogP contribution in [0.1, 0.15) is 26.7 Å². The van der Waals surface area contributed by atoms with Crippen molar-refractivity contribution in [2.24, 2.45) is 0 Å². The van der Waals surface area contributed by atoms with Gasteiger partial charge in [0.1, 0.15) is 0 Å². The molecule has 0 aromatic rings. The van der Waals surface area contributed by atoms with Crippen molar-refractivity contribution in [2.45, 2.75) is 44.4 Å². The van der Waals surface area contributed by atoms with Crippen LogP contribution in [0.5, 0.6) is 0 Å². The number of nitrogens with zero attached hydrogens (tertiary/aromatic N) is 1. The molecule has 2 rings (SSSR count). The Kier molecular flexibility index (Phi) is 4.80. The molecule has 2 aliphatic rings. The van der Waals surface area contributed by atoms with Gasteiger partial charge in [-0.3, -0.25) is 4.79 Å². The van der Waals surface area contributed by atoms with Crippen LogP contribution in [0.4, 0.5) is 4.79 Å². The van der Waals surface area contributed by atoms with E-state index in [4.69, 9.17) is 9.84 Å². The smallest absolute Gasteiger partial charge is 0.318 e. The van der Waals surface area contributed by atoms with Gasteiger partial charge in [0.05, 0.1) is 24.1 Å². The summed E-state index contributed by atoms with van der Waals surface area (Å²) in [4.78, 5) is 25.0. The zero-order valence-electron chi connectivity index (χ0n) is 11.9. The number of carbonyl (C=O) groups is 2. The van der Waals surface area contributed by atoms with Crippen LogP contribution in [0.3, 0.4) is 0 Å². The Morgan fingerprint density at radius 3 is 2.90 bits per heavy atom. The summed E-state index contributed by atoms with van der Waals surface area (Å²) in [7, 11) is 0. The maximum Gasteiger partial charge on any atom is 0.318 e. The molecule has 0 aromatic carbocycles. The van der Waals surface area contributed by atoms with Crippen molar-refractivity contribution in [3.05, 3.63) is 0 Å². The molecule has 0 spiro atoms. The SMILES string of the molecule is CC1OCCC1(C)NC(=O)N1CCSCC1CC(=O)O. The highest BCUT2D eigenvalue weighted by molar-refractivity contribution is 7.99. The maximum absolute atomic E-state index is 12.5. The van der Waals surface area contributed by atoms with E-state index in [1.54, 1.807) is 16.7 Å². The van der Waals surface area contributed by atoms with E-state index in [9.17, 15) is 9.59 Å². The van der Waals surface area contributed by atoms with E-state index in [2.05, 4.69) is 5.32 Å². The van der Waals surface area contributed by atoms with E-state index in [0.717, 1.165) is 12.2 Å². The second-order valence-corrected chi connectivity index (χ2v) is 6.78. The zero-order chi connectivity index (χ0) is 14.8. The molecular weight excluding hydrogens is 280 g/mol. The second-order valence-electron chi connectivity index (χ2n) is 5.63. The summed E-state index contributed by atoms with van der Waals surface area (Å²) < 4.78 is 5.52. The Morgan fingerprint density at radius 2 is 2.30 bits per heavy atom. The number of amides is 2. The van der Waals surface area contributed by atoms with Crippen LogP contribution >= 0.6 is 11.8 Å². The normalized spacial score (nSPS) is 34.0. The number of aliphatic carboxylic acids is 1. The van der Waals surface area contributed by atoms with Crippen LogP contribution in [0.15, 0.2) is 0 Å². The second kappa shape index (κ2) is 6.22. The number of ether oxygens (including phenoxy) is 1. The van der Waals surface area contributed by atoms with Gasteiger partial charge in [0.15, 0.2) is 0 Å². The third-order valence-electron chi connectivity index (χ3n) is 4.18. The summed E-state index contributed by atoms with van der Waals surface area (Å²) in [6.45, 7) is 5.17. The van der Waals surface area contributed by atoms with Crippen LogP contribution in [-0.2, 0) is 9.53 Å². The molecule has 3 unspecified atom stereocenters. The average Bonchev–Trinajstić information content (AvgIpc) is 2.69. The fraction of sp³-hybridized carbons (Fsp3) is 0.846. The van der Waals surface area contributed by atoms with Gasteiger partial charge in [-0.1, -0.05) is 0 Å². The van der Waals surface area contributed by atoms with E-state index in [1.165, 1.54) is 0 Å². The van der Waals surface area contributed by atoms with Crippen molar-refractivity contribution >= 4 is 23.8 Å². The molecule has 7 heteroatoms. The van der Waals surface area contributed by atoms with Gasteiger partial charge in [0, 0.05) is 24.7 Å². The number of rotatable bonds is 3. The number of hydrogen-bond acceptors (Lipinski definition) is 4. The standard InChI is InChI=1S/C13H22N2O4S/c1-9-13(2,3-5-19-9)14-12(18)15-4-6-20-8-10(15)7-11(16)17/h9-10H,3-8H2,1-2H3,(H,14,18)(H,16,17). The third-order valence-corrected chi connectivity index (χ3v) is 5.27. The van der Waals surface area contributed by atoms with Crippen LogP contribution in [0.2, 0.25) is 0 Å². The molecule has 6 nitrogen and oxygen atoms in total. The molecular formula is C13H22N2O4S. The van der Waals surface area contributed by atoms with E-state index >= 15 is 0 Å². The lowest BCUT2D eigenvalue weighted by Gasteiger charge is -2.38. The van der Waals surface area contributed by atoms with Crippen LogP contribution in [-0.4, -0.2) is 64.3 Å². The Bertz CT molecular complexity index is 393. The molecule has 0 saturated carbocycles. The summed E-state index contributed by atoms with van der Waals surface area (Å²) in [6, 6.07) is -0.399. The number of hydrogen-bond donors (Lipinski definition) is 2. The highest BCUT2D eigenvalue weighted by atomic mass is 32.2. The highest BCUT2D eigenvalue weighted by Gasteiger charge is 2.40. The molecule has 0 aliphatic carbocycles. The van der Waals surface area contributed by atoms with Crippen molar-refractivity contribution in [2.75, 3.05) is 24.7 Å². The minimum absolute atomic E-state index is 0.00316. The highest BCUT2D eigenvalue weighted by Crippen LogP contribution is 2.26. The molecule has 2 aliphatic heterocycles. The van der Waals surface area contributed by atoms with E-state index < -0.39 is 5.97 Å². The van der Waals surface area contributed by atoms with Gasteiger partial charge in [-0.2, -0.15) is 11.8 Å². The molecule has 2 N–H and O–H groups in total. The van der Waals surface area contributed by atoms with Gasteiger partial charge in [-0.15, -0.1) is 0 Å². The van der Waals surface area contributed by atoms with Crippen LogP contribution < -0.4 is 5.32 Å². The first-order valence-corrected chi connectivity index (χ1v) is 8.08.